The van der Waals surface area contributed by atoms with Gasteiger partial charge in [-0.25, -0.2) is 0 Å². The number of carbonyl (C=O) groups excluding carboxylic acids is 3. The number of amides is 3. The van der Waals surface area contributed by atoms with Crippen LogP contribution in [-0.4, -0.2) is 76.1 Å². The Morgan fingerprint density at radius 3 is 2.27 bits per heavy atom. The van der Waals surface area contributed by atoms with Gasteiger partial charge in [0, 0.05) is 29.7 Å². The summed E-state index contributed by atoms with van der Waals surface area (Å²) in [4.78, 5) is 49.7. The number of rotatable bonds is 13. The van der Waals surface area contributed by atoms with Gasteiger partial charge in [0.15, 0.2) is 0 Å². The van der Waals surface area contributed by atoms with E-state index < -0.39 is 28.7 Å². The third kappa shape index (κ3) is 5.41. The second kappa shape index (κ2) is 13.8. The van der Waals surface area contributed by atoms with Gasteiger partial charge in [-0.05, 0) is 72.9 Å². The van der Waals surface area contributed by atoms with Gasteiger partial charge in [-0.1, -0.05) is 56.3 Å². The lowest BCUT2D eigenvalue weighted by Crippen LogP contribution is -2.59. The Morgan fingerprint density at radius 1 is 1.00 bits per heavy atom. The molecule has 252 valence electrons. The van der Waals surface area contributed by atoms with E-state index in [1.807, 2.05) is 80.6 Å². The Kier molecular flexibility index (Phi) is 9.72. The van der Waals surface area contributed by atoms with E-state index in [4.69, 9.17) is 4.74 Å². The van der Waals surface area contributed by atoms with Crippen molar-refractivity contribution in [1.82, 2.24) is 4.90 Å². The van der Waals surface area contributed by atoms with Crippen LogP contribution in [0.5, 0.6) is 5.75 Å². The first-order valence-corrected chi connectivity index (χ1v) is 17.8. The minimum atomic E-state index is -0.861. The summed E-state index contributed by atoms with van der Waals surface area (Å²) in [6, 6.07) is 19.9. The topological polar surface area (TPSA) is 90.4 Å². The standard InChI is InChI=1S/C39H45N3O5S/c1-6-20-40(29-16-18-31(19-17-29)47-9-4)36(44)33-32-22-25(5)39(48-32)34(33)37(45)42(28(8-3)24-43)35(39)38(46)41(21-7-2)30-15-14-26-12-10-11-13-27(26)23-30/h6-7,10-19,23,25,28,32-35,43H,1-2,8-9,20-22,24H2,3-5H3/t25?,28-,32-,33+,34-,35?,39?/m0/s1. The average molecular weight is 668 g/mol. The normalized spacial score (nSPS) is 26.3. The molecule has 0 aromatic heterocycles. The van der Waals surface area contributed by atoms with Crippen LogP contribution in [0.4, 0.5) is 11.4 Å². The number of hydrogen-bond donors (Lipinski definition) is 1. The van der Waals surface area contributed by atoms with Crippen molar-refractivity contribution in [2.45, 2.75) is 55.7 Å². The molecule has 3 saturated heterocycles. The average Bonchev–Trinajstić information content (AvgIpc) is 3.70. The van der Waals surface area contributed by atoms with Crippen molar-refractivity contribution in [3.05, 3.63) is 92.0 Å². The highest BCUT2D eigenvalue weighted by Crippen LogP contribution is 2.69. The second-order valence-electron chi connectivity index (χ2n) is 13.0. The van der Waals surface area contributed by atoms with Gasteiger partial charge in [-0.15, -0.1) is 24.9 Å². The Labute approximate surface area is 287 Å². The van der Waals surface area contributed by atoms with Crippen LogP contribution in [0.1, 0.15) is 33.6 Å². The van der Waals surface area contributed by atoms with Crippen molar-refractivity contribution in [1.29, 1.82) is 0 Å². The highest BCUT2D eigenvalue weighted by Gasteiger charge is 2.77. The summed E-state index contributed by atoms with van der Waals surface area (Å²) in [7, 11) is 0. The Bertz CT molecular complexity index is 1710. The van der Waals surface area contributed by atoms with Gasteiger partial charge in [0.25, 0.3) is 5.91 Å². The van der Waals surface area contributed by atoms with E-state index >= 15 is 4.79 Å². The third-order valence-electron chi connectivity index (χ3n) is 10.4. The van der Waals surface area contributed by atoms with Gasteiger partial charge >= 0.3 is 0 Å². The molecule has 3 aromatic rings. The lowest BCUT2D eigenvalue weighted by Gasteiger charge is -2.42. The lowest BCUT2D eigenvalue weighted by atomic mass is 9.65. The molecule has 0 aliphatic carbocycles. The molecule has 2 bridgehead atoms. The van der Waals surface area contributed by atoms with Crippen LogP contribution in [0, 0.1) is 17.8 Å². The summed E-state index contributed by atoms with van der Waals surface area (Å²) in [5, 5.41) is 12.5. The van der Waals surface area contributed by atoms with E-state index in [1.165, 1.54) is 0 Å². The molecule has 7 atom stereocenters. The van der Waals surface area contributed by atoms with Crippen LogP contribution in [0.3, 0.4) is 0 Å². The van der Waals surface area contributed by atoms with Crippen LogP contribution in [-0.2, 0) is 14.4 Å². The van der Waals surface area contributed by atoms with E-state index in [0.717, 1.165) is 10.8 Å². The van der Waals surface area contributed by atoms with E-state index in [2.05, 4.69) is 20.1 Å². The van der Waals surface area contributed by atoms with Gasteiger partial charge in [0.1, 0.15) is 11.8 Å². The summed E-state index contributed by atoms with van der Waals surface area (Å²) >= 11 is 1.64. The van der Waals surface area contributed by atoms with E-state index in [1.54, 1.807) is 38.6 Å². The highest BCUT2D eigenvalue weighted by molar-refractivity contribution is 8.02. The monoisotopic (exact) mass is 667 g/mol. The molecule has 3 amide bonds. The SMILES string of the molecule is C=CCN(C(=O)C1N([C@@H](CC)CO)C(=O)[C@@H]2[C@H](C(=O)N(CC=C)c3ccc(OCC)cc3)[C@@H]3CC(C)C12S3)c1ccc2ccccc2c1. The molecule has 0 saturated carbocycles. The first-order valence-electron chi connectivity index (χ1n) is 16.9. The van der Waals surface area contributed by atoms with Gasteiger partial charge in [0.2, 0.25) is 11.8 Å². The van der Waals surface area contributed by atoms with Crippen molar-refractivity contribution < 1.29 is 24.2 Å². The maximum absolute atomic E-state index is 15.1. The quantitative estimate of drug-likeness (QED) is 0.222. The molecule has 9 heteroatoms. The Hall–Kier alpha value is -4.08. The van der Waals surface area contributed by atoms with Gasteiger partial charge in [-0.3, -0.25) is 14.4 Å². The minimum Gasteiger partial charge on any atom is -0.494 e. The maximum atomic E-state index is 15.1. The van der Waals surface area contributed by atoms with Crippen molar-refractivity contribution in [3.63, 3.8) is 0 Å². The Morgan fingerprint density at radius 2 is 1.65 bits per heavy atom. The molecular formula is C39H45N3O5S. The van der Waals surface area contributed by atoms with E-state index in [-0.39, 0.29) is 48.6 Å². The summed E-state index contributed by atoms with van der Waals surface area (Å²) in [5.41, 5.74) is 1.41. The largest absolute Gasteiger partial charge is 0.494 e. The van der Waals surface area contributed by atoms with Crippen LogP contribution in [0.2, 0.25) is 0 Å². The molecule has 3 heterocycles. The number of ether oxygens (including phenoxy) is 1. The van der Waals surface area contributed by atoms with Crippen LogP contribution in [0.25, 0.3) is 10.8 Å². The number of thioether (sulfide) groups is 1. The summed E-state index contributed by atoms with van der Waals surface area (Å²) in [6.07, 6.45) is 4.58. The number of anilines is 2. The highest BCUT2D eigenvalue weighted by atomic mass is 32.2. The van der Waals surface area contributed by atoms with E-state index in [0.29, 0.717) is 36.6 Å². The van der Waals surface area contributed by atoms with Crippen LogP contribution in [0.15, 0.2) is 92.0 Å². The molecule has 1 spiro atoms. The van der Waals surface area contributed by atoms with Crippen molar-refractivity contribution in [3.8, 4) is 5.75 Å². The number of benzene rings is 3. The van der Waals surface area contributed by atoms with Crippen LogP contribution >= 0.6 is 11.8 Å². The summed E-state index contributed by atoms with van der Waals surface area (Å²) in [5.74, 6) is -1.23. The molecule has 3 aromatic carbocycles. The fourth-order valence-electron chi connectivity index (χ4n) is 8.29. The number of aliphatic hydroxyl groups is 1. The summed E-state index contributed by atoms with van der Waals surface area (Å²) in [6.45, 7) is 14.6. The predicted octanol–water partition coefficient (Wildman–Crippen LogP) is 6.08. The van der Waals surface area contributed by atoms with Crippen LogP contribution < -0.4 is 14.5 Å². The number of hydrogen-bond acceptors (Lipinski definition) is 6. The molecule has 48 heavy (non-hydrogen) atoms. The summed E-state index contributed by atoms with van der Waals surface area (Å²) < 4.78 is 4.79. The number of aliphatic hydroxyl groups excluding tert-OH is 1. The fraction of sp³-hybridized carbons (Fsp3) is 0.410. The molecule has 3 aliphatic heterocycles. The zero-order valence-electron chi connectivity index (χ0n) is 28.0. The minimum absolute atomic E-state index is 0.0128. The number of carbonyl (C=O) groups is 3. The number of fused-ring (bicyclic) bond motifs is 2. The van der Waals surface area contributed by atoms with Gasteiger partial charge in [0.05, 0.1) is 35.8 Å². The molecule has 6 rings (SSSR count). The lowest BCUT2D eigenvalue weighted by molar-refractivity contribution is -0.142. The second-order valence-corrected chi connectivity index (χ2v) is 14.5. The van der Waals surface area contributed by atoms with E-state index in [9.17, 15) is 14.7 Å². The van der Waals surface area contributed by atoms with Crippen molar-refractivity contribution >= 4 is 51.6 Å². The molecular weight excluding hydrogens is 623 g/mol. The smallest absolute Gasteiger partial charge is 0.251 e. The van der Waals surface area contributed by atoms with Gasteiger partial charge < -0.3 is 24.5 Å². The first-order chi connectivity index (χ1) is 23.2. The molecule has 3 unspecified atom stereocenters. The van der Waals surface area contributed by atoms with Crippen molar-refractivity contribution in [2.75, 3.05) is 36.1 Å². The molecule has 8 nitrogen and oxygen atoms in total. The molecule has 3 aliphatic rings. The zero-order chi connectivity index (χ0) is 34.2. The fourth-order valence-corrected chi connectivity index (χ4v) is 10.7. The maximum Gasteiger partial charge on any atom is 0.251 e. The molecule has 1 N–H and O–H groups in total. The number of nitrogens with zero attached hydrogens (tertiary/aromatic N) is 3. The zero-order valence-corrected chi connectivity index (χ0v) is 28.8. The number of likely N-dealkylation sites (tertiary alicyclic amines) is 1. The Balaban J connectivity index is 1.43. The first kappa shape index (κ1) is 33.8. The van der Waals surface area contributed by atoms with Crippen molar-refractivity contribution in [2.24, 2.45) is 17.8 Å². The molecule has 3 fully saturated rings. The third-order valence-corrected chi connectivity index (χ3v) is 12.5. The molecule has 0 radical (unpaired) electrons. The predicted molar refractivity (Wildman–Crippen MR) is 193 cm³/mol. The van der Waals surface area contributed by atoms with Gasteiger partial charge in [-0.2, -0.15) is 0 Å².